The van der Waals surface area contributed by atoms with E-state index in [2.05, 4.69) is 5.32 Å². The Morgan fingerprint density at radius 1 is 1.21 bits per heavy atom. The molecular weight excluding hydrogens is 242 g/mol. The Hall–Kier alpha value is -1.10. The molecular formula is C14H23N3O2. The first kappa shape index (κ1) is 12.9. The summed E-state index contributed by atoms with van der Waals surface area (Å²) in [6.45, 7) is 0.706. The number of nitrogens with one attached hydrogen (secondary N) is 1. The summed E-state index contributed by atoms with van der Waals surface area (Å²) >= 11 is 0. The van der Waals surface area contributed by atoms with Gasteiger partial charge in [0.15, 0.2) is 0 Å². The van der Waals surface area contributed by atoms with E-state index in [1.54, 1.807) is 11.9 Å². The number of likely N-dealkylation sites (tertiary alicyclic amines) is 1. The quantitative estimate of drug-likeness (QED) is 0.743. The van der Waals surface area contributed by atoms with E-state index >= 15 is 0 Å². The molecule has 5 nitrogen and oxygen atoms in total. The molecule has 0 aromatic heterocycles. The summed E-state index contributed by atoms with van der Waals surface area (Å²) in [6, 6.07) is -0.263. The van der Waals surface area contributed by atoms with Crippen molar-refractivity contribution in [3.05, 3.63) is 0 Å². The maximum Gasteiger partial charge on any atom is 0.242 e. The van der Waals surface area contributed by atoms with Gasteiger partial charge in [0.05, 0.1) is 5.92 Å². The van der Waals surface area contributed by atoms with Crippen LogP contribution in [-0.2, 0) is 9.59 Å². The molecule has 3 N–H and O–H groups in total. The molecule has 1 saturated heterocycles. The lowest BCUT2D eigenvalue weighted by molar-refractivity contribution is -0.143. The zero-order valence-corrected chi connectivity index (χ0v) is 11.5. The van der Waals surface area contributed by atoms with E-state index in [0.29, 0.717) is 18.4 Å². The summed E-state index contributed by atoms with van der Waals surface area (Å²) in [5.74, 6) is 1.04. The van der Waals surface area contributed by atoms with Crippen LogP contribution in [0.3, 0.4) is 0 Å². The van der Waals surface area contributed by atoms with Gasteiger partial charge in [-0.25, -0.2) is 0 Å². The molecule has 2 saturated carbocycles. The van der Waals surface area contributed by atoms with Gasteiger partial charge >= 0.3 is 0 Å². The molecule has 5 atom stereocenters. The fraction of sp³-hybridized carbons (Fsp3) is 0.857. The van der Waals surface area contributed by atoms with Gasteiger partial charge in [-0.3, -0.25) is 9.59 Å². The molecule has 3 fully saturated rings. The Labute approximate surface area is 113 Å². The average Bonchev–Trinajstić information content (AvgIpc) is 3.11. The molecule has 3 rings (SSSR count). The second-order valence-electron chi connectivity index (χ2n) is 6.24. The molecule has 1 aliphatic heterocycles. The standard InChI is InChI=1S/C14H23N3O2/c1-16-13(18)10-3-2-6-17(10)14(19)11-8-4-5-9(7-8)12(11)15/h8-12H,2-7,15H2,1H3,(H,16,18). The summed E-state index contributed by atoms with van der Waals surface area (Å²) in [5.41, 5.74) is 6.24. The molecule has 0 radical (unpaired) electrons. The van der Waals surface area contributed by atoms with E-state index in [4.69, 9.17) is 5.73 Å². The van der Waals surface area contributed by atoms with Gasteiger partial charge in [0.1, 0.15) is 6.04 Å². The van der Waals surface area contributed by atoms with Crippen LogP contribution in [0.15, 0.2) is 0 Å². The Bertz CT molecular complexity index is 396. The van der Waals surface area contributed by atoms with Crippen LogP contribution in [0, 0.1) is 17.8 Å². The predicted molar refractivity (Wildman–Crippen MR) is 71.1 cm³/mol. The van der Waals surface area contributed by atoms with E-state index < -0.39 is 0 Å². The number of nitrogens with zero attached hydrogens (tertiary/aromatic N) is 1. The number of likely N-dealkylation sites (N-methyl/N-ethyl adjacent to an activating group) is 1. The van der Waals surface area contributed by atoms with Crippen molar-refractivity contribution in [1.82, 2.24) is 10.2 Å². The molecule has 0 spiro atoms. The maximum absolute atomic E-state index is 12.7. The van der Waals surface area contributed by atoms with Gasteiger partial charge in [0.25, 0.3) is 0 Å². The van der Waals surface area contributed by atoms with Crippen molar-refractivity contribution in [2.75, 3.05) is 13.6 Å². The third-order valence-electron chi connectivity index (χ3n) is 5.35. The summed E-state index contributed by atoms with van der Waals surface area (Å²) in [5, 5.41) is 2.66. The maximum atomic E-state index is 12.7. The highest BCUT2D eigenvalue weighted by molar-refractivity contribution is 5.89. The van der Waals surface area contributed by atoms with Gasteiger partial charge in [-0.05, 0) is 43.9 Å². The number of hydrogen-bond donors (Lipinski definition) is 2. The molecule has 0 aromatic rings. The van der Waals surface area contributed by atoms with Gasteiger partial charge in [0, 0.05) is 19.6 Å². The highest BCUT2D eigenvalue weighted by Crippen LogP contribution is 2.48. The highest BCUT2D eigenvalue weighted by atomic mass is 16.2. The molecule has 19 heavy (non-hydrogen) atoms. The average molecular weight is 265 g/mol. The normalized spacial score (nSPS) is 40.7. The molecule has 5 heteroatoms. The monoisotopic (exact) mass is 265 g/mol. The molecule has 5 unspecified atom stereocenters. The van der Waals surface area contributed by atoms with Crippen LogP contribution in [0.5, 0.6) is 0 Å². The number of carbonyl (C=O) groups excluding carboxylic acids is 2. The Balaban J connectivity index is 1.75. The smallest absolute Gasteiger partial charge is 0.242 e. The summed E-state index contributed by atoms with van der Waals surface area (Å²) in [7, 11) is 1.63. The Morgan fingerprint density at radius 2 is 1.95 bits per heavy atom. The van der Waals surface area contributed by atoms with E-state index in [1.807, 2.05) is 0 Å². The predicted octanol–water partition coefficient (Wildman–Crippen LogP) is 0.0968. The molecule has 2 bridgehead atoms. The van der Waals surface area contributed by atoms with Gasteiger partial charge < -0.3 is 16.0 Å². The largest absolute Gasteiger partial charge is 0.357 e. The first-order valence-electron chi connectivity index (χ1n) is 7.41. The van der Waals surface area contributed by atoms with E-state index in [9.17, 15) is 9.59 Å². The van der Waals surface area contributed by atoms with Crippen molar-refractivity contribution in [3.8, 4) is 0 Å². The zero-order valence-electron chi connectivity index (χ0n) is 11.5. The third-order valence-corrected chi connectivity index (χ3v) is 5.35. The Morgan fingerprint density at radius 3 is 2.58 bits per heavy atom. The lowest BCUT2D eigenvalue weighted by Gasteiger charge is -2.33. The van der Waals surface area contributed by atoms with Crippen molar-refractivity contribution >= 4 is 11.8 Å². The molecule has 106 valence electrons. The van der Waals surface area contributed by atoms with E-state index in [1.165, 1.54) is 6.42 Å². The molecule has 2 aliphatic carbocycles. The molecule has 3 aliphatic rings. The zero-order chi connectivity index (χ0) is 13.6. The van der Waals surface area contributed by atoms with Crippen LogP contribution in [0.25, 0.3) is 0 Å². The minimum Gasteiger partial charge on any atom is -0.357 e. The van der Waals surface area contributed by atoms with Gasteiger partial charge in [-0.2, -0.15) is 0 Å². The second kappa shape index (κ2) is 4.78. The first-order valence-corrected chi connectivity index (χ1v) is 7.41. The number of rotatable bonds is 2. The Kier molecular flexibility index (Phi) is 3.25. The van der Waals surface area contributed by atoms with Crippen LogP contribution in [0.4, 0.5) is 0 Å². The van der Waals surface area contributed by atoms with E-state index in [-0.39, 0.29) is 29.8 Å². The van der Waals surface area contributed by atoms with Gasteiger partial charge in [0.2, 0.25) is 11.8 Å². The number of fused-ring (bicyclic) bond motifs is 2. The second-order valence-corrected chi connectivity index (χ2v) is 6.24. The minimum atomic E-state index is -0.274. The molecule has 2 amide bonds. The number of amides is 2. The van der Waals surface area contributed by atoms with Crippen LogP contribution < -0.4 is 11.1 Å². The van der Waals surface area contributed by atoms with Crippen molar-refractivity contribution in [3.63, 3.8) is 0 Å². The fourth-order valence-corrected chi connectivity index (χ4v) is 4.36. The fourth-order valence-electron chi connectivity index (χ4n) is 4.36. The van der Waals surface area contributed by atoms with Crippen LogP contribution in [0.1, 0.15) is 32.1 Å². The summed E-state index contributed by atoms with van der Waals surface area (Å²) in [6.07, 6.45) is 5.11. The SMILES string of the molecule is CNC(=O)C1CCCN1C(=O)C1C2CCC(C2)C1N. The lowest BCUT2D eigenvalue weighted by Crippen LogP contribution is -2.51. The lowest BCUT2D eigenvalue weighted by atomic mass is 9.84. The number of carbonyl (C=O) groups is 2. The van der Waals surface area contributed by atoms with Crippen LogP contribution >= 0.6 is 0 Å². The highest BCUT2D eigenvalue weighted by Gasteiger charge is 2.51. The molecule has 0 aromatic carbocycles. The summed E-state index contributed by atoms with van der Waals surface area (Å²) in [4.78, 5) is 26.4. The van der Waals surface area contributed by atoms with Crippen molar-refractivity contribution < 1.29 is 9.59 Å². The van der Waals surface area contributed by atoms with Crippen LogP contribution in [-0.4, -0.2) is 42.4 Å². The summed E-state index contributed by atoms with van der Waals surface area (Å²) < 4.78 is 0. The van der Waals surface area contributed by atoms with Gasteiger partial charge in [-0.15, -0.1) is 0 Å². The third kappa shape index (κ3) is 1.95. The van der Waals surface area contributed by atoms with Gasteiger partial charge in [-0.1, -0.05) is 0 Å². The van der Waals surface area contributed by atoms with Crippen molar-refractivity contribution in [1.29, 1.82) is 0 Å². The number of hydrogen-bond acceptors (Lipinski definition) is 3. The van der Waals surface area contributed by atoms with Crippen molar-refractivity contribution in [2.24, 2.45) is 23.5 Å². The molecule has 1 heterocycles. The topological polar surface area (TPSA) is 75.4 Å². The van der Waals surface area contributed by atoms with Crippen LogP contribution in [0.2, 0.25) is 0 Å². The van der Waals surface area contributed by atoms with E-state index in [0.717, 1.165) is 25.7 Å². The number of nitrogens with two attached hydrogens (primary N) is 1. The first-order chi connectivity index (χ1) is 9.13. The van der Waals surface area contributed by atoms with Crippen molar-refractivity contribution in [2.45, 2.75) is 44.2 Å². The minimum absolute atomic E-state index is 0.0113.